The van der Waals surface area contributed by atoms with Crippen LogP contribution in [0.4, 0.5) is 0 Å². The van der Waals surface area contributed by atoms with Crippen LogP contribution in [0.3, 0.4) is 0 Å². The molecule has 6 nitrogen and oxygen atoms in total. The molecule has 0 fully saturated rings. The lowest BCUT2D eigenvalue weighted by Crippen LogP contribution is -2.27. The molecular formula is C23H18N2O4. The van der Waals surface area contributed by atoms with Gasteiger partial charge in [0.25, 0.3) is 5.91 Å². The van der Waals surface area contributed by atoms with E-state index in [0.29, 0.717) is 17.1 Å². The van der Waals surface area contributed by atoms with Crippen molar-refractivity contribution in [2.45, 2.75) is 13.0 Å². The first kappa shape index (κ1) is 19.6. The molecule has 0 aliphatic heterocycles. The summed E-state index contributed by atoms with van der Waals surface area (Å²) in [5.41, 5.74) is 1.73. The fourth-order valence-corrected chi connectivity index (χ4v) is 2.75. The Kier molecular flexibility index (Phi) is 5.91. The minimum Gasteiger partial charge on any atom is -0.478 e. The molecule has 0 radical (unpaired) electrons. The third kappa shape index (κ3) is 4.79. The van der Waals surface area contributed by atoms with Crippen molar-refractivity contribution in [3.05, 3.63) is 89.2 Å². The molecule has 0 aliphatic rings. The van der Waals surface area contributed by atoms with Gasteiger partial charge in [0.1, 0.15) is 23.2 Å². The summed E-state index contributed by atoms with van der Waals surface area (Å²) in [5, 5.41) is 21.1. The van der Waals surface area contributed by atoms with E-state index in [4.69, 9.17) is 9.52 Å². The smallest absolute Gasteiger partial charge is 0.335 e. The van der Waals surface area contributed by atoms with E-state index < -0.39 is 11.9 Å². The highest BCUT2D eigenvalue weighted by Gasteiger charge is 2.15. The van der Waals surface area contributed by atoms with Crippen LogP contribution in [0, 0.1) is 11.3 Å². The molecule has 1 atom stereocenters. The van der Waals surface area contributed by atoms with Gasteiger partial charge in [-0.2, -0.15) is 5.26 Å². The number of amides is 1. The molecule has 0 aliphatic carbocycles. The second-order valence-electron chi connectivity index (χ2n) is 6.36. The van der Waals surface area contributed by atoms with Crippen LogP contribution < -0.4 is 5.32 Å². The second kappa shape index (κ2) is 8.72. The van der Waals surface area contributed by atoms with Crippen molar-refractivity contribution in [2.75, 3.05) is 0 Å². The first-order valence-corrected chi connectivity index (χ1v) is 8.89. The molecule has 0 saturated heterocycles. The Balaban J connectivity index is 1.75. The highest BCUT2D eigenvalue weighted by Crippen LogP contribution is 2.24. The van der Waals surface area contributed by atoms with E-state index in [1.165, 1.54) is 18.2 Å². The van der Waals surface area contributed by atoms with Crippen LogP contribution in [0.25, 0.3) is 17.4 Å². The largest absolute Gasteiger partial charge is 0.478 e. The average molecular weight is 386 g/mol. The molecule has 3 rings (SSSR count). The second-order valence-corrected chi connectivity index (χ2v) is 6.36. The van der Waals surface area contributed by atoms with Gasteiger partial charge in [-0.25, -0.2) is 4.79 Å². The monoisotopic (exact) mass is 386 g/mol. The molecular weight excluding hydrogens is 368 g/mol. The first-order valence-electron chi connectivity index (χ1n) is 8.89. The van der Waals surface area contributed by atoms with E-state index >= 15 is 0 Å². The summed E-state index contributed by atoms with van der Waals surface area (Å²) < 4.78 is 5.69. The molecule has 0 saturated carbocycles. The van der Waals surface area contributed by atoms with Crippen molar-refractivity contribution in [1.29, 1.82) is 5.26 Å². The normalized spacial score (nSPS) is 12.1. The van der Waals surface area contributed by atoms with Gasteiger partial charge in [0.15, 0.2) is 0 Å². The summed E-state index contributed by atoms with van der Waals surface area (Å²) in [7, 11) is 0. The van der Waals surface area contributed by atoms with Crippen LogP contribution >= 0.6 is 0 Å². The highest BCUT2D eigenvalue weighted by atomic mass is 16.4. The summed E-state index contributed by atoms with van der Waals surface area (Å²) in [5.74, 6) is -0.647. The number of hydrogen-bond acceptors (Lipinski definition) is 4. The number of rotatable bonds is 6. The molecule has 1 amide bonds. The molecule has 0 unspecified atom stereocenters. The molecule has 1 heterocycles. The van der Waals surface area contributed by atoms with Crippen LogP contribution in [0.2, 0.25) is 0 Å². The number of carbonyl (C=O) groups excluding carboxylic acids is 1. The van der Waals surface area contributed by atoms with E-state index in [1.807, 2.05) is 43.3 Å². The van der Waals surface area contributed by atoms with Crippen LogP contribution in [0.15, 0.2) is 76.7 Å². The standard InChI is InChI=1S/C23H18N2O4/c1-15(16-5-3-2-4-6-16)25-22(26)19(14-24)13-20-11-12-21(29-20)17-7-9-18(10-8-17)23(27)28/h2-13,15H,1H3,(H,25,26)(H,27,28)/b19-13+/t15-/m1/s1. The summed E-state index contributed by atoms with van der Waals surface area (Å²) in [6, 6.07) is 20.7. The number of benzene rings is 2. The molecule has 144 valence electrons. The molecule has 2 aromatic carbocycles. The Bertz CT molecular complexity index is 1090. The van der Waals surface area contributed by atoms with Gasteiger partial charge in [-0.15, -0.1) is 0 Å². The molecule has 0 bridgehead atoms. The lowest BCUT2D eigenvalue weighted by molar-refractivity contribution is -0.117. The van der Waals surface area contributed by atoms with Crippen LogP contribution in [0.1, 0.15) is 34.6 Å². The van der Waals surface area contributed by atoms with E-state index in [1.54, 1.807) is 24.3 Å². The minimum atomic E-state index is -1.01. The van der Waals surface area contributed by atoms with Gasteiger partial charge >= 0.3 is 5.97 Å². The average Bonchev–Trinajstić information content (AvgIpc) is 3.21. The maximum atomic E-state index is 12.4. The summed E-state index contributed by atoms with van der Waals surface area (Å²) in [6.45, 7) is 1.84. The minimum absolute atomic E-state index is 0.0742. The maximum absolute atomic E-state index is 12.4. The molecule has 0 spiro atoms. The lowest BCUT2D eigenvalue weighted by atomic mass is 10.1. The van der Waals surface area contributed by atoms with E-state index in [9.17, 15) is 14.9 Å². The number of aromatic carboxylic acids is 1. The summed E-state index contributed by atoms with van der Waals surface area (Å²) >= 11 is 0. The predicted octanol–water partition coefficient (Wildman–Crippen LogP) is 4.43. The number of carboxylic acids is 1. The van der Waals surface area contributed by atoms with Crippen molar-refractivity contribution in [1.82, 2.24) is 5.32 Å². The zero-order valence-electron chi connectivity index (χ0n) is 15.6. The van der Waals surface area contributed by atoms with Gasteiger partial charge in [-0.3, -0.25) is 4.79 Å². The van der Waals surface area contributed by atoms with Crippen molar-refractivity contribution < 1.29 is 19.1 Å². The van der Waals surface area contributed by atoms with Gasteiger partial charge in [-0.1, -0.05) is 42.5 Å². The van der Waals surface area contributed by atoms with Crippen LogP contribution in [-0.4, -0.2) is 17.0 Å². The fraction of sp³-hybridized carbons (Fsp3) is 0.0870. The fourth-order valence-electron chi connectivity index (χ4n) is 2.75. The quantitative estimate of drug-likeness (QED) is 0.482. The van der Waals surface area contributed by atoms with Gasteiger partial charge in [0.2, 0.25) is 0 Å². The van der Waals surface area contributed by atoms with Gasteiger partial charge in [0.05, 0.1) is 11.6 Å². The summed E-state index contributed by atoms with van der Waals surface area (Å²) in [4.78, 5) is 23.4. The Morgan fingerprint density at radius 2 is 1.76 bits per heavy atom. The van der Waals surface area contributed by atoms with Crippen LogP contribution in [0.5, 0.6) is 0 Å². The zero-order chi connectivity index (χ0) is 20.8. The Morgan fingerprint density at radius 3 is 2.38 bits per heavy atom. The number of furan rings is 1. The Morgan fingerprint density at radius 1 is 1.07 bits per heavy atom. The number of nitriles is 1. The van der Waals surface area contributed by atoms with E-state index in [2.05, 4.69) is 5.32 Å². The Labute approximate surface area is 167 Å². The van der Waals surface area contributed by atoms with Crippen molar-refractivity contribution in [2.24, 2.45) is 0 Å². The first-order chi connectivity index (χ1) is 14.0. The number of carboxylic acid groups (broad SMARTS) is 1. The molecule has 3 aromatic rings. The highest BCUT2D eigenvalue weighted by molar-refractivity contribution is 6.01. The topological polar surface area (TPSA) is 103 Å². The number of nitrogens with one attached hydrogen (secondary N) is 1. The maximum Gasteiger partial charge on any atom is 0.335 e. The SMILES string of the molecule is C[C@@H](NC(=O)/C(C#N)=C/c1ccc(-c2ccc(C(=O)O)cc2)o1)c1ccccc1. The number of hydrogen-bond donors (Lipinski definition) is 2. The molecule has 6 heteroatoms. The molecule has 29 heavy (non-hydrogen) atoms. The van der Waals surface area contributed by atoms with Crippen molar-refractivity contribution >= 4 is 18.0 Å². The van der Waals surface area contributed by atoms with Gasteiger partial charge < -0.3 is 14.8 Å². The zero-order valence-corrected chi connectivity index (χ0v) is 15.6. The summed E-state index contributed by atoms with van der Waals surface area (Å²) in [6.07, 6.45) is 1.38. The molecule has 2 N–H and O–H groups in total. The van der Waals surface area contributed by atoms with Crippen LogP contribution in [-0.2, 0) is 4.79 Å². The predicted molar refractivity (Wildman–Crippen MR) is 108 cm³/mol. The van der Waals surface area contributed by atoms with Gasteiger partial charge in [0, 0.05) is 11.6 Å². The molecule has 1 aromatic heterocycles. The van der Waals surface area contributed by atoms with E-state index in [-0.39, 0.29) is 17.2 Å². The van der Waals surface area contributed by atoms with Gasteiger partial charge in [-0.05, 0) is 36.8 Å². The van der Waals surface area contributed by atoms with Crippen molar-refractivity contribution in [3.8, 4) is 17.4 Å². The van der Waals surface area contributed by atoms with E-state index in [0.717, 1.165) is 5.56 Å². The third-order valence-corrected chi connectivity index (χ3v) is 4.34. The van der Waals surface area contributed by atoms with Crippen molar-refractivity contribution in [3.63, 3.8) is 0 Å². The third-order valence-electron chi connectivity index (χ3n) is 4.34. The number of carbonyl (C=O) groups is 2. The lowest BCUT2D eigenvalue weighted by Gasteiger charge is -2.13. The number of nitrogens with zero attached hydrogens (tertiary/aromatic N) is 1. The Hall–Kier alpha value is -4.11.